The highest BCUT2D eigenvalue weighted by molar-refractivity contribution is 5.83. The molecule has 0 aromatic heterocycles. The Kier molecular flexibility index (Phi) is 6.27. The summed E-state index contributed by atoms with van der Waals surface area (Å²) >= 11 is 0. The average molecular weight is 309 g/mol. The smallest absolute Gasteiger partial charge is 0.230 e. The first-order valence-electron chi connectivity index (χ1n) is 9.29. The first-order chi connectivity index (χ1) is 10.6. The second-order valence-electron chi connectivity index (χ2n) is 7.43. The summed E-state index contributed by atoms with van der Waals surface area (Å²) in [7, 11) is 0. The second kappa shape index (κ2) is 7.78. The first kappa shape index (κ1) is 17.7. The molecule has 1 heterocycles. The molecule has 1 saturated carbocycles. The molecule has 22 heavy (non-hydrogen) atoms. The zero-order valence-electron chi connectivity index (χ0n) is 14.8. The molecule has 0 aromatic carbocycles. The van der Waals surface area contributed by atoms with Crippen LogP contribution in [0, 0.1) is 11.3 Å². The van der Waals surface area contributed by atoms with Gasteiger partial charge >= 0.3 is 0 Å². The maximum atomic E-state index is 12.9. The number of nitrogens with zero attached hydrogens (tertiary/aromatic N) is 2. The van der Waals surface area contributed by atoms with Gasteiger partial charge in [0.05, 0.1) is 5.41 Å². The second-order valence-corrected chi connectivity index (χ2v) is 7.43. The van der Waals surface area contributed by atoms with Crippen molar-refractivity contribution in [2.24, 2.45) is 17.1 Å². The largest absolute Gasteiger partial charge is 0.340 e. The lowest BCUT2D eigenvalue weighted by Gasteiger charge is -2.44. The van der Waals surface area contributed by atoms with E-state index in [1.165, 1.54) is 25.7 Å². The van der Waals surface area contributed by atoms with Crippen molar-refractivity contribution in [2.45, 2.75) is 65.3 Å². The van der Waals surface area contributed by atoms with Gasteiger partial charge in [0.25, 0.3) is 0 Å². The van der Waals surface area contributed by atoms with E-state index in [0.29, 0.717) is 6.54 Å². The predicted molar refractivity (Wildman–Crippen MR) is 91.6 cm³/mol. The summed E-state index contributed by atoms with van der Waals surface area (Å²) in [4.78, 5) is 17.6. The molecule has 1 aliphatic heterocycles. The van der Waals surface area contributed by atoms with E-state index >= 15 is 0 Å². The fourth-order valence-corrected chi connectivity index (χ4v) is 4.16. The number of nitrogens with two attached hydrogens (primary N) is 1. The van der Waals surface area contributed by atoms with Crippen molar-refractivity contribution < 1.29 is 4.79 Å². The standard InChI is InChI=1S/C18H35N3O/c1-4-18(5-2,14-19)17(22)21-12-10-20(11-13-21)16-8-6-15(3)7-9-16/h15-16H,4-14,19H2,1-3H3. The van der Waals surface area contributed by atoms with Crippen molar-refractivity contribution in [1.29, 1.82) is 0 Å². The summed E-state index contributed by atoms with van der Waals surface area (Å²) in [6.45, 7) is 10.9. The molecule has 4 nitrogen and oxygen atoms in total. The van der Waals surface area contributed by atoms with Gasteiger partial charge in [-0.25, -0.2) is 0 Å². The van der Waals surface area contributed by atoms with Crippen LogP contribution in [-0.4, -0.2) is 54.5 Å². The third kappa shape index (κ3) is 3.65. The van der Waals surface area contributed by atoms with Crippen LogP contribution >= 0.6 is 0 Å². The summed E-state index contributed by atoms with van der Waals surface area (Å²) in [5.74, 6) is 1.19. The molecule has 0 bridgehead atoms. The fourth-order valence-electron chi connectivity index (χ4n) is 4.16. The Balaban J connectivity index is 1.87. The summed E-state index contributed by atoms with van der Waals surface area (Å²) in [5.41, 5.74) is 5.60. The molecule has 1 amide bonds. The van der Waals surface area contributed by atoms with Crippen LogP contribution in [0.2, 0.25) is 0 Å². The summed E-state index contributed by atoms with van der Waals surface area (Å²) in [6, 6.07) is 0.755. The van der Waals surface area contributed by atoms with Gasteiger partial charge in [-0.1, -0.05) is 20.8 Å². The van der Waals surface area contributed by atoms with E-state index in [-0.39, 0.29) is 11.3 Å². The van der Waals surface area contributed by atoms with Gasteiger partial charge in [0.1, 0.15) is 0 Å². The highest BCUT2D eigenvalue weighted by Gasteiger charge is 2.38. The first-order valence-corrected chi connectivity index (χ1v) is 9.29. The number of hydrogen-bond acceptors (Lipinski definition) is 3. The van der Waals surface area contributed by atoms with Gasteiger partial charge in [0, 0.05) is 38.8 Å². The third-order valence-electron chi connectivity index (χ3n) is 6.30. The van der Waals surface area contributed by atoms with Gasteiger partial charge in [-0.2, -0.15) is 0 Å². The van der Waals surface area contributed by atoms with Gasteiger partial charge in [0.15, 0.2) is 0 Å². The summed E-state index contributed by atoms with van der Waals surface area (Å²) in [5, 5.41) is 0. The van der Waals surface area contributed by atoms with Crippen LogP contribution in [0.3, 0.4) is 0 Å². The maximum Gasteiger partial charge on any atom is 0.230 e. The Morgan fingerprint density at radius 3 is 2.05 bits per heavy atom. The molecule has 2 fully saturated rings. The molecular formula is C18H35N3O. The molecule has 0 spiro atoms. The van der Waals surface area contributed by atoms with Gasteiger partial charge < -0.3 is 10.6 Å². The molecule has 2 N–H and O–H groups in total. The zero-order chi connectivity index (χ0) is 16.2. The van der Waals surface area contributed by atoms with E-state index < -0.39 is 0 Å². The average Bonchev–Trinajstić information content (AvgIpc) is 2.58. The van der Waals surface area contributed by atoms with Crippen LogP contribution in [0.25, 0.3) is 0 Å². The Bertz CT molecular complexity index is 343. The molecule has 2 aliphatic rings. The van der Waals surface area contributed by atoms with E-state index in [1.54, 1.807) is 0 Å². The van der Waals surface area contributed by atoms with E-state index in [2.05, 4.69) is 30.6 Å². The van der Waals surface area contributed by atoms with Crippen LogP contribution in [0.5, 0.6) is 0 Å². The Morgan fingerprint density at radius 2 is 1.59 bits per heavy atom. The molecule has 4 heteroatoms. The fraction of sp³-hybridized carbons (Fsp3) is 0.944. The van der Waals surface area contributed by atoms with Gasteiger partial charge in [-0.3, -0.25) is 9.69 Å². The lowest BCUT2D eigenvalue weighted by atomic mass is 9.80. The van der Waals surface area contributed by atoms with E-state index in [4.69, 9.17) is 5.73 Å². The van der Waals surface area contributed by atoms with Crippen LogP contribution in [0.4, 0.5) is 0 Å². The summed E-state index contributed by atoms with van der Waals surface area (Å²) in [6.07, 6.45) is 7.11. The number of hydrogen-bond donors (Lipinski definition) is 1. The third-order valence-corrected chi connectivity index (χ3v) is 6.30. The van der Waals surface area contributed by atoms with Crippen molar-refractivity contribution in [3.05, 3.63) is 0 Å². The van der Waals surface area contributed by atoms with Gasteiger partial charge in [-0.05, 0) is 44.4 Å². The molecule has 0 atom stereocenters. The van der Waals surface area contributed by atoms with Crippen LogP contribution in [-0.2, 0) is 4.79 Å². The van der Waals surface area contributed by atoms with Gasteiger partial charge in [-0.15, -0.1) is 0 Å². The maximum absolute atomic E-state index is 12.9. The zero-order valence-corrected chi connectivity index (χ0v) is 14.8. The number of carbonyl (C=O) groups is 1. The molecule has 2 rings (SSSR count). The molecule has 1 aliphatic carbocycles. The van der Waals surface area contributed by atoms with Crippen molar-refractivity contribution in [1.82, 2.24) is 9.80 Å². The molecular weight excluding hydrogens is 274 g/mol. The SMILES string of the molecule is CCC(CC)(CN)C(=O)N1CCN(C2CCC(C)CC2)CC1. The normalized spacial score (nSPS) is 27.9. The molecule has 0 radical (unpaired) electrons. The van der Waals surface area contributed by atoms with Crippen LogP contribution < -0.4 is 5.73 Å². The van der Waals surface area contributed by atoms with Crippen LogP contribution in [0.1, 0.15) is 59.3 Å². The summed E-state index contributed by atoms with van der Waals surface area (Å²) < 4.78 is 0. The molecule has 0 unspecified atom stereocenters. The lowest BCUT2D eigenvalue weighted by Crippen LogP contribution is -2.56. The monoisotopic (exact) mass is 309 g/mol. The van der Waals surface area contributed by atoms with E-state index in [9.17, 15) is 4.79 Å². The molecule has 128 valence electrons. The van der Waals surface area contributed by atoms with Gasteiger partial charge in [0.2, 0.25) is 5.91 Å². The topological polar surface area (TPSA) is 49.6 Å². The van der Waals surface area contributed by atoms with Crippen molar-refractivity contribution >= 4 is 5.91 Å². The minimum atomic E-state index is -0.331. The highest BCUT2D eigenvalue weighted by Crippen LogP contribution is 2.30. The minimum Gasteiger partial charge on any atom is -0.340 e. The van der Waals surface area contributed by atoms with E-state index in [0.717, 1.165) is 51.0 Å². The van der Waals surface area contributed by atoms with Crippen molar-refractivity contribution in [2.75, 3.05) is 32.7 Å². The van der Waals surface area contributed by atoms with E-state index in [1.807, 2.05) is 0 Å². The number of carbonyl (C=O) groups excluding carboxylic acids is 1. The van der Waals surface area contributed by atoms with Crippen molar-refractivity contribution in [3.8, 4) is 0 Å². The molecule has 0 aromatic rings. The Hall–Kier alpha value is -0.610. The number of amides is 1. The number of rotatable bonds is 5. The van der Waals surface area contributed by atoms with Crippen molar-refractivity contribution in [3.63, 3.8) is 0 Å². The molecule has 1 saturated heterocycles. The quantitative estimate of drug-likeness (QED) is 0.849. The predicted octanol–water partition coefficient (Wildman–Crippen LogP) is 2.47. The number of piperazine rings is 1. The Labute approximate surface area is 136 Å². The minimum absolute atomic E-state index is 0.289. The highest BCUT2D eigenvalue weighted by atomic mass is 16.2. The van der Waals surface area contributed by atoms with Crippen LogP contribution in [0.15, 0.2) is 0 Å². The lowest BCUT2D eigenvalue weighted by molar-refractivity contribution is -0.144. The Morgan fingerprint density at radius 1 is 1.05 bits per heavy atom.